The first-order valence-corrected chi connectivity index (χ1v) is 5.18. The number of nitrogens with one attached hydrogen (secondary N) is 1. The summed E-state index contributed by atoms with van der Waals surface area (Å²) in [6, 6.07) is 0.610. The van der Waals surface area contributed by atoms with Crippen LogP contribution >= 0.6 is 0 Å². The first-order chi connectivity index (χ1) is 6.07. The van der Waals surface area contributed by atoms with Crippen molar-refractivity contribution in [2.24, 2.45) is 0 Å². The predicted molar refractivity (Wildman–Crippen MR) is 54.8 cm³/mol. The van der Waals surface area contributed by atoms with Crippen molar-refractivity contribution in [3.8, 4) is 0 Å². The first kappa shape index (κ1) is 11.0. The minimum absolute atomic E-state index is 0.458. The number of likely N-dealkylation sites (tertiary alicyclic amines) is 1. The molecule has 0 unspecified atom stereocenters. The molecule has 1 aliphatic rings. The van der Waals surface area contributed by atoms with Crippen LogP contribution in [0.1, 0.15) is 26.7 Å². The molecule has 0 aliphatic carbocycles. The van der Waals surface area contributed by atoms with Crippen LogP contribution in [-0.2, 0) is 0 Å². The molecule has 0 bridgehead atoms. The van der Waals surface area contributed by atoms with E-state index in [1.165, 1.54) is 0 Å². The van der Waals surface area contributed by atoms with E-state index >= 15 is 0 Å². The van der Waals surface area contributed by atoms with Crippen molar-refractivity contribution < 1.29 is 5.11 Å². The van der Waals surface area contributed by atoms with E-state index in [0.29, 0.717) is 6.04 Å². The Morgan fingerprint density at radius 2 is 1.92 bits per heavy atom. The van der Waals surface area contributed by atoms with Crippen LogP contribution in [0.15, 0.2) is 0 Å². The van der Waals surface area contributed by atoms with Crippen LogP contribution in [0, 0.1) is 0 Å². The Bertz CT molecular complexity index is 151. The summed E-state index contributed by atoms with van der Waals surface area (Å²) >= 11 is 0. The standard InChI is InChI=1S/C10H22N2O/c1-9(2)12-6-4-10(13,5-7-12)8-11-3/h9,11,13H,4-8H2,1-3H3. The molecule has 2 N–H and O–H groups in total. The van der Waals surface area contributed by atoms with E-state index in [2.05, 4.69) is 24.1 Å². The van der Waals surface area contributed by atoms with Crippen molar-refractivity contribution in [3.63, 3.8) is 0 Å². The molecule has 1 fully saturated rings. The predicted octanol–water partition coefficient (Wildman–Crippen LogP) is 0.441. The fourth-order valence-electron chi connectivity index (χ4n) is 1.96. The maximum atomic E-state index is 10.1. The number of aliphatic hydroxyl groups is 1. The average Bonchev–Trinajstić information content (AvgIpc) is 2.05. The zero-order chi connectivity index (χ0) is 9.90. The van der Waals surface area contributed by atoms with Gasteiger partial charge in [-0.15, -0.1) is 0 Å². The number of rotatable bonds is 3. The van der Waals surface area contributed by atoms with E-state index < -0.39 is 5.60 Å². The maximum Gasteiger partial charge on any atom is 0.0795 e. The highest BCUT2D eigenvalue weighted by Gasteiger charge is 2.31. The average molecular weight is 186 g/mol. The Kier molecular flexibility index (Phi) is 3.71. The Hall–Kier alpha value is -0.120. The molecule has 78 valence electrons. The van der Waals surface area contributed by atoms with Crippen molar-refractivity contribution in [3.05, 3.63) is 0 Å². The Balaban J connectivity index is 2.37. The SMILES string of the molecule is CNCC1(O)CCN(C(C)C)CC1. The van der Waals surface area contributed by atoms with Gasteiger partial charge in [-0.05, 0) is 33.7 Å². The first-order valence-electron chi connectivity index (χ1n) is 5.18. The molecule has 0 radical (unpaired) electrons. The summed E-state index contributed by atoms with van der Waals surface area (Å²) in [7, 11) is 1.90. The summed E-state index contributed by atoms with van der Waals surface area (Å²) in [5.74, 6) is 0. The number of nitrogens with zero attached hydrogens (tertiary/aromatic N) is 1. The van der Waals surface area contributed by atoms with Crippen molar-refractivity contribution in [2.45, 2.75) is 38.3 Å². The molecule has 3 nitrogen and oxygen atoms in total. The largest absolute Gasteiger partial charge is 0.388 e. The fraction of sp³-hybridized carbons (Fsp3) is 1.00. The van der Waals surface area contributed by atoms with E-state index in [0.717, 1.165) is 32.5 Å². The summed E-state index contributed by atoms with van der Waals surface area (Å²) in [6.45, 7) is 7.19. The molecule has 1 saturated heterocycles. The smallest absolute Gasteiger partial charge is 0.0795 e. The molecule has 0 aromatic heterocycles. The van der Waals surface area contributed by atoms with Gasteiger partial charge in [-0.25, -0.2) is 0 Å². The molecule has 1 rings (SSSR count). The summed E-state index contributed by atoms with van der Waals surface area (Å²) in [6.07, 6.45) is 1.79. The molecule has 1 heterocycles. The summed E-state index contributed by atoms with van der Waals surface area (Å²) in [5.41, 5.74) is -0.458. The lowest BCUT2D eigenvalue weighted by Gasteiger charge is -2.39. The van der Waals surface area contributed by atoms with Gasteiger partial charge in [0.05, 0.1) is 5.60 Å². The van der Waals surface area contributed by atoms with Gasteiger partial charge in [0.1, 0.15) is 0 Å². The second-order valence-electron chi connectivity index (χ2n) is 4.38. The van der Waals surface area contributed by atoms with Crippen LogP contribution in [0.2, 0.25) is 0 Å². The van der Waals surface area contributed by atoms with Crippen molar-refractivity contribution in [2.75, 3.05) is 26.7 Å². The van der Waals surface area contributed by atoms with E-state index in [-0.39, 0.29) is 0 Å². The molecule has 3 heteroatoms. The van der Waals surface area contributed by atoms with Crippen LogP contribution < -0.4 is 5.32 Å². The normalized spacial score (nSPS) is 23.8. The zero-order valence-corrected chi connectivity index (χ0v) is 9.01. The van der Waals surface area contributed by atoms with Crippen molar-refractivity contribution >= 4 is 0 Å². The minimum atomic E-state index is -0.458. The van der Waals surface area contributed by atoms with E-state index in [1.807, 2.05) is 7.05 Å². The van der Waals surface area contributed by atoms with Crippen LogP contribution in [0.25, 0.3) is 0 Å². The topological polar surface area (TPSA) is 35.5 Å². The van der Waals surface area contributed by atoms with Gasteiger partial charge in [0.15, 0.2) is 0 Å². The molecule has 0 aromatic carbocycles. The summed E-state index contributed by atoms with van der Waals surface area (Å²) in [5, 5.41) is 13.1. The van der Waals surface area contributed by atoms with E-state index in [1.54, 1.807) is 0 Å². The highest BCUT2D eigenvalue weighted by atomic mass is 16.3. The Morgan fingerprint density at radius 1 is 1.38 bits per heavy atom. The molecular formula is C10H22N2O. The lowest BCUT2D eigenvalue weighted by atomic mass is 9.91. The lowest BCUT2D eigenvalue weighted by molar-refractivity contribution is -0.0250. The highest BCUT2D eigenvalue weighted by Crippen LogP contribution is 2.22. The molecule has 0 aromatic rings. The molecule has 0 saturated carbocycles. The molecule has 0 amide bonds. The number of likely N-dealkylation sites (N-methyl/N-ethyl adjacent to an activating group) is 1. The van der Waals surface area contributed by atoms with Gasteiger partial charge in [0.2, 0.25) is 0 Å². The number of hydrogen-bond acceptors (Lipinski definition) is 3. The Morgan fingerprint density at radius 3 is 2.31 bits per heavy atom. The van der Waals surface area contributed by atoms with Gasteiger partial charge in [-0.3, -0.25) is 0 Å². The second-order valence-corrected chi connectivity index (χ2v) is 4.38. The van der Waals surface area contributed by atoms with Gasteiger partial charge < -0.3 is 15.3 Å². The van der Waals surface area contributed by atoms with Gasteiger partial charge in [-0.1, -0.05) is 0 Å². The second kappa shape index (κ2) is 4.40. The van der Waals surface area contributed by atoms with Gasteiger partial charge in [0, 0.05) is 25.7 Å². The summed E-state index contributed by atoms with van der Waals surface area (Å²) in [4.78, 5) is 2.42. The highest BCUT2D eigenvalue weighted by molar-refractivity contribution is 4.87. The van der Waals surface area contributed by atoms with Crippen molar-refractivity contribution in [1.29, 1.82) is 0 Å². The van der Waals surface area contributed by atoms with Gasteiger partial charge >= 0.3 is 0 Å². The monoisotopic (exact) mass is 186 g/mol. The molecule has 1 aliphatic heterocycles. The van der Waals surface area contributed by atoms with E-state index in [9.17, 15) is 5.11 Å². The third kappa shape index (κ3) is 2.93. The molecule has 13 heavy (non-hydrogen) atoms. The minimum Gasteiger partial charge on any atom is -0.388 e. The number of hydrogen-bond donors (Lipinski definition) is 2. The maximum absolute atomic E-state index is 10.1. The van der Waals surface area contributed by atoms with Crippen LogP contribution in [0.4, 0.5) is 0 Å². The third-order valence-corrected chi connectivity index (χ3v) is 2.96. The van der Waals surface area contributed by atoms with Crippen LogP contribution in [0.5, 0.6) is 0 Å². The van der Waals surface area contributed by atoms with Gasteiger partial charge in [-0.2, -0.15) is 0 Å². The van der Waals surface area contributed by atoms with Crippen molar-refractivity contribution in [1.82, 2.24) is 10.2 Å². The van der Waals surface area contributed by atoms with Crippen LogP contribution in [-0.4, -0.2) is 48.3 Å². The lowest BCUT2D eigenvalue weighted by Crippen LogP contribution is -2.50. The summed E-state index contributed by atoms with van der Waals surface area (Å²) < 4.78 is 0. The molecule has 0 atom stereocenters. The molecule has 0 spiro atoms. The third-order valence-electron chi connectivity index (χ3n) is 2.96. The van der Waals surface area contributed by atoms with Crippen LogP contribution in [0.3, 0.4) is 0 Å². The Labute approximate surface area is 81.1 Å². The molecular weight excluding hydrogens is 164 g/mol. The van der Waals surface area contributed by atoms with E-state index in [4.69, 9.17) is 0 Å². The zero-order valence-electron chi connectivity index (χ0n) is 9.01. The number of piperidine rings is 1. The quantitative estimate of drug-likeness (QED) is 0.671. The van der Waals surface area contributed by atoms with Gasteiger partial charge in [0.25, 0.3) is 0 Å². The fourth-order valence-corrected chi connectivity index (χ4v) is 1.96.